The van der Waals surface area contributed by atoms with E-state index in [0.717, 1.165) is 69.4 Å². The fraction of sp³-hybridized carbons (Fsp3) is 0.500. The molecule has 42 heavy (non-hydrogen) atoms. The number of fused-ring (bicyclic) bond motifs is 8. The van der Waals surface area contributed by atoms with Crippen LogP contribution in [0.25, 0.3) is 22.1 Å². The van der Waals surface area contributed by atoms with Crippen molar-refractivity contribution >= 4 is 28.0 Å². The zero-order chi connectivity index (χ0) is 30.1. The van der Waals surface area contributed by atoms with Crippen molar-refractivity contribution in [3.8, 4) is 0 Å². The molecule has 4 N–H and O–H groups in total. The molecule has 5 heterocycles. The van der Waals surface area contributed by atoms with E-state index in [0.29, 0.717) is 30.7 Å². The van der Waals surface area contributed by atoms with Crippen LogP contribution in [0.4, 0.5) is 0 Å². The molecule has 1 aliphatic carbocycles. The van der Waals surface area contributed by atoms with E-state index in [1.807, 2.05) is 19.1 Å². The number of nitrogens with zero attached hydrogens (tertiary/aromatic N) is 2. The number of carbonyl (C=O) groups excluding carboxylic acids is 1. The number of aryl methyl sites for hydroxylation is 5. The Hall–Kier alpha value is -3.49. The highest BCUT2D eigenvalue weighted by atomic mass is 16.5. The molecule has 0 saturated carbocycles. The first-order chi connectivity index (χ1) is 19.9. The van der Waals surface area contributed by atoms with Gasteiger partial charge in [-0.3, -0.25) is 14.8 Å². The number of rotatable bonds is 5. The van der Waals surface area contributed by atoms with E-state index in [1.54, 1.807) is 6.92 Å². The number of nitrogens with one attached hydrogen (secondary N) is 2. The van der Waals surface area contributed by atoms with Gasteiger partial charge in [-0.25, -0.2) is 0 Å². The highest BCUT2D eigenvalue weighted by Gasteiger charge is 2.53. The van der Waals surface area contributed by atoms with Crippen LogP contribution in [0.1, 0.15) is 109 Å². The summed E-state index contributed by atoms with van der Waals surface area (Å²) in [6.45, 7) is 12.1. The summed E-state index contributed by atoms with van der Waals surface area (Å²) in [5, 5.41) is 23.7. The minimum atomic E-state index is -1.57. The van der Waals surface area contributed by atoms with Gasteiger partial charge in [0.25, 0.3) is 0 Å². The van der Waals surface area contributed by atoms with Crippen LogP contribution in [0.2, 0.25) is 0 Å². The maximum atomic E-state index is 12.2. The third-order valence-electron chi connectivity index (χ3n) is 10.4. The second-order valence-electron chi connectivity index (χ2n) is 12.4. The fourth-order valence-electron chi connectivity index (χ4n) is 7.45. The van der Waals surface area contributed by atoms with Gasteiger partial charge in [0.1, 0.15) is 11.2 Å². The Labute approximate surface area is 246 Å². The molecule has 2 unspecified atom stereocenters. The summed E-state index contributed by atoms with van der Waals surface area (Å²) < 4.78 is 4.99. The average Bonchev–Trinajstić information content (AvgIpc) is 3.71. The summed E-state index contributed by atoms with van der Waals surface area (Å²) in [6.07, 6.45) is 3.88. The monoisotopic (exact) mass is 570 g/mol. The van der Waals surface area contributed by atoms with Crippen LogP contribution >= 0.6 is 0 Å². The summed E-state index contributed by atoms with van der Waals surface area (Å²) in [7, 11) is 1.44. The summed E-state index contributed by atoms with van der Waals surface area (Å²) in [6, 6.07) is 5.94. The average molecular weight is 571 g/mol. The summed E-state index contributed by atoms with van der Waals surface area (Å²) in [4.78, 5) is 29.6. The van der Waals surface area contributed by atoms with Gasteiger partial charge in [-0.2, -0.15) is 0 Å². The maximum Gasteiger partial charge on any atom is 0.305 e. The molecule has 3 aromatic heterocycles. The predicted octanol–water partition coefficient (Wildman–Crippen LogP) is 5.94. The van der Waals surface area contributed by atoms with E-state index in [1.165, 1.54) is 18.2 Å². The zero-order valence-electron chi connectivity index (χ0n) is 25.7. The maximum absolute atomic E-state index is 12.2. The summed E-state index contributed by atoms with van der Waals surface area (Å²) in [5.41, 5.74) is 9.42. The quantitative estimate of drug-likeness (QED) is 0.282. The number of aromatic nitrogens is 4. The van der Waals surface area contributed by atoms with E-state index in [9.17, 15) is 15.0 Å². The summed E-state index contributed by atoms with van der Waals surface area (Å²) in [5.74, 6) is 0.00398. The van der Waals surface area contributed by atoms with Gasteiger partial charge in [0.2, 0.25) is 0 Å². The van der Waals surface area contributed by atoms with Gasteiger partial charge in [0.15, 0.2) is 0 Å². The molecule has 2 aliphatic heterocycles. The SMILES string of the molecule is CCc1c(C)c2cc3nc(c4c5[nH]c(cc6nc(cc1[nH]2)C(C)(O)C6(O)CC)c(C)c5CC4)[C@@H](CCC(=O)OC)[C@@H]3C. The van der Waals surface area contributed by atoms with Crippen molar-refractivity contribution in [2.75, 3.05) is 7.11 Å². The molecule has 222 valence electrons. The Balaban J connectivity index is 1.73. The lowest BCUT2D eigenvalue weighted by atomic mass is 9.80. The van der Waals surface area contributed by atoms with Crippen molar-refractivity contribution in [3.05, 3.63) is 68.8 Å². The molecule has 6 rings (SSSR count). The third kappa shape index (κ3) is 4.06. The molecule has 8 heteroatoms. The van der Waals surface area contributed by atoms with Gasteiger partial charge in [-0.15, -0.1) is 0 Å². The van der Waals surface area contributed by atoms with E-state index >= 15 is 0 Å². The van der Waals surface area contributed by atoms with Crippen molar-refractivity contribution < 1.29 is 19.7 Å². The second kappa shape index (κ2) is 10.1. The molecule has 0 fully saturated rings. The van der Waals surface area contributed by atoms with E-state index in [2.05, 4.69) is 43.7 Å². The number of hydrogen-bond acceptors (Lipinski definition) is 6. The number of H-pyrrole nitrogens is 2. The lowest BCUT2D eigenvalue weighted by molar-refractivity contribution is -0.148. The van der Waals surface area contributed by atoms with Gasteiger partial charge in [-0.1, -0.05) is 20.8 Å². The van der Waals surface area contributed by atoms with Crippen molar-refractivity contribution in [3.63, 3.8) is 0 Å². The number of aliphatic hydroxyl groups is 2. The molecule has 8 nitrogen and oxygen atoms in total. The van der Waals surface area contributed by atoms with Crippen molar-refractivity contribution in [1.82, 2.24) is 19.9 Å². The Kier molecular flexibility index (Phi) is 6.85. The Bertz CT molecular complexity index is 1760. The molecule has 0 radical (unpaired) electrons. The van der Waals surface area contributed by atoms with E-state index in [4.69, 9.17) is 14.7 Å². The topological polar surface area (TPSA) is 124 Å². The lowest BCUT2D eigenvalue weighted by Crippen LogP contribution is -2.43. The molecule has 0 spiro atoms. The molecule has 8 bridgehead atoms. The predicted molar refractivity (Wildman–Crippen MR) is 163 cm³/mol. The fourth-order valence-corrected chi connectivity index (χ4v) is 7.45. The van der Waals surface area contributed by atoms with E-state index in [-0.39, 0.29) is 17.8 Å². The number of methoxy groups -OCH3 is 1. The van der Waals surface area contributed by atoms with Crippen LogP contribution in [0, 0.1) is 13.8 Å². The minimum Gasteiger partial charge on any atom is -0.469 e. The number of carbonyl (C=O) groups is 1. The standard InChI is InChI=1S/C34H42N4O4/c1-8-20-17(3)24-14-25-18(4)22(12-13-30(39)42-7)32(36-25)23-11-10-21-19(5)26(37-31(21)23)15-29-34(41,9-2)33(6,40)28(38-29)16-27(20)35-24/h14-16,18,22,35,37,40-41H,8-13H2,1-7H3/t18-,22-,33?,34?/m0/s1. The number of esters is 1. The Morgan fingerprint density at radius 3 is 2.38 bits per heavy atom. The molecule has 3 aliphatic rings. The number of aromatic amines is 2. The molecule has 3 aromatic rings. The molecule has 0 saturated heterocycles. The largest absolute Gasteiger partial charge is 0.469 e. The molecule has 4 atom stereocenters. The highest BCUT2D eigenvalue weighted by molar-refractivity contribution is 5.78. The van der Waals surface area contributed by atoms with Crippen LogP contribution in [0.5, 0.6) is 0 Å². The third-order valence-corrected chi connectivity index (χ3v) is 10.4. The Morgan fingerprint density at radius 1 is 1.00 bits per heavy atom. The molecule has 0 aromatic carbocycles. The van der Waals surface area contributed by atoms with Crippen molar-refractivity contribution in [2.45, 2.75) is 103 Å². The van der Waals surface area contributed by atoms with Gasteiger partial charge >= 0.3 is 5.97 Å². The smallest absolute Gasteiger partial charge is 0.305 e. The van der Waals surface area contributed by atoms with Crippen LogP contribution in [0.15, 0.2) is 18.2 Å². The van der Waals surface area contributed by atoms with Gasteiger partial charge in [0, 0.05) is 51.7 Å². The van der Waals surface area contributed by atoms with E-state index < -0.39 is 11.2 Å². The lowest BCUT2D eigenvalue weighted by Gasteiger charge is -2.34. The Morgan fingerprint density at radius 2 is 1.69 bits per heavy atom. The molecular formula is C34H42N4O4. The first kappa shape index (κ1) is 28.6. The van der Waals surface area contributed by atoms with Crippen molar-refractivity contribution in [2.24, 2.45) is 0 Å². The van der Waals surface area contributed by atoms with Crippen LogP contribution < -0.4 is 0 Å². The summed E-state index contributed by atoms with van der Waals surface area (Å²) >= 11 is 0. The second-order valence-corrected chi connectivity index (χ2v) is 12.4. The first-order valence-electron chi connectivity index (χ1n) is 15.2. The molecular weight excluding hydrogens is 528 g/mol. The minimum absolute atomic E-state index is 0.0891. The molecule has 0 amide bonds. The van der Waals surface area contributed by atoms with Crippen LogP contribution in [0.3, 0.4) is 0 Å². The van der Waals surface area contributed by atoms with Crippen LogP contribution in [-0.2, 0) is 40.0 Å². The van der Waals surface area contributed by atoms with Gasteiger partial charge in [-0.05, 0) is 98.9 Å². The number of ether oxygens (including phenoxy) is 1. The van der Waals surface area contributed by atoms with Gasteiger partial charge < -0.3 is 24.9 Å². The zero-order valence-corrected chi connectivity index (χ0v) is 25.7. The van der Waals surface area contributed by atoms with Crippen LogP contribution in [-0.4, -0.2) is 43.2 Å². The highest BCUT2D eigenvalue weighted by Crippen LogP contribution is 2.47. The first-order valence-corrected chi connectivity index (χ1v) is 15.2. The van der Waals surface area contributed by atoms with Crippen molar-refractivity contribution in [1.29, 1.82) is 0 Å². The number of hydrogen-bond donors (Lipinski definition) is 4. The van der Waals surface area contributed by atoms with Gasteiger partial charge in [0.05, 0.1) is 18.5 Å². The normalized spacial score (nSPS) is 24.8.